The molecule has 0 amide bonds. The Labute approximate surface area is 122 Å². The van der Waals surface area contributed by atoms with E-state index in [9.17, 15) is 10.1 Å². The number of nitrogens with one attached hydrogen (secondary N) is 1. The molecule has 0 unspecified atom stereocenters. The molecule has 1 heterocycles. The minimum absolute atomic E-state index is 0.0355. The van der Waals surface area contributed by atoms with Gasteiger partial charge in [0.1, 0.15) is 5.69 Å². The second kappa shape index (κ2) is 6.74. The van der Waals surface area contributed by atoms with E-state index in [1.807, 2.05) is 26.1 Å². The Bertz CT molecular complexity index is 596. The van der Waals surface area contributed by atoms with Crippen molar-refractivity contribution in [3.8, 4) is 5.75 Å². The monoisotopic (exact) mass is 290 g/mol. The van der Waals surface area contributed by atoms with Crippen LogP contribution in [-0.2, 0) is 6.54 Å². The van der Waals surface area contributed by atoms with Crippen molar-refractivity contribution in [3.05, 3.63) is 46.8 Å². The molecule has 0 radical (unpaired) electrons. The maximum Gasteiger partial charge on any atom is 0.333 e. The van der Waals surface area contributed by atoms with Crippen LogP contribution in [0.5, 0.6) is 5.75 Å². The molecule has 0 atom stereocenters. The fourth-order valence-corrected chi connectivity index (χ4v) is 1.94. The summed E-state index contributed by atoms with van der Waals surface area (Å²) in [6.45, 7) is 4.83. The van der Waals surface area contributed by atoms with Crippen LogP contribution in [-0.4, -0.2) is 27.4 Å². The number of rotatable bonds is 7. The molecular weight excluding hydrogens is 272 g/mol. The van der Waals surface area contributed by atoms with Crippen molar-refractivity contribution in [1.29, 1.82) is 0 Å². The first-order valence-corrected chi connectivity index (χ1v) is 6.73. The minimum Gasteiger partial charge on any atom is -0.484 e. The zero-order valence-electron chi connectivity index (χ0n) is 12.0. The summed E-state index contributed by atoms with van der Waals surface area (Å²) in [5.74, 6) is 0.277. The Balaban J connectivity index is 2.12. The number of hydrogen-bond acceptors (Lipinski definition) is 5. The van der Waals surface area contributed by atoms with E-state index in [4.69, 9.17) is 4.74 Å². The average Bonchev–Trinajstić information content (AvgIpc) is 2.91. The zero-order chi connectivity index (χ0) is 15.2. The highest BCUT2D eigenvalue weighted by Gasteiger charge is 2.21. The van der Waals surface area contributed by atoms with Gasteiger partial charge in [0, 0.05) is 18.9 Å². The summed E-state index contributed by atoms with van der Waals surface area (Å²) >= 11 is 0. The van der Waals surface area contributed by atoms with Gasteiger partial charge in [-0.1, -0.05) is 6.07 Å². The van der Waals surface area contributed by atoms with E-state index in [0.717, 1.165) is 0 Å². The highest BCUT2D eigenvalue weighted by molar-refractivity contribution is 5.68. The van der Waals surface area contributed by atoms with Crippen LogP contribution in [0.15, 0.2) is 36.7 Å². The molecule has 7 heteroatoms. The topological polar surface area (TPSA) is 82.2 Å². The summed E-state index contributed by atoms with van der Waals surface area (Å²) in [5, 5.41) is 18.4. The van der Waals surface area contributed by atoms with Crippen molar-refractivity contribution in [2.75, 3.05) is 11.9 Å². The lowest BCUT2D eigenvalue weighted by Gasteiger charge is -2.13. The van der Waals surface area contributed by atoms with Gasteiger partial charge in [0.2, 0.25) is 0 Å². The lowest BCUT2D eigenvalue weighted by atomic mass is 10.2. The molecule has 0 saturated carbocycles. The number of para-hydroxylation sites is 1. The number of ether oxygens (including phenoxy) is 1. The van der Waals surface area contributed by atoms with Crippen molar-refractivity contribution in [2.45, 2.75) is 26.5 Å². The first kappa shape index (κ1) is 14.8. The first-order chi connectivity index (χ1) is 10.1. The van der Waals surface area contributed by atoms with E-state index in [1.165, 1.54) is 0 Å². The third-order valence-corrected chi connectivity index (χ3v) is 2.76. The van der Waals surface area contributed by atoms with Crippen LogP contribution in [0.4, 0.5) is 11.4 Å². The van der Waals surface area contributed by atoms with E-state index in [0.29, 0.717) is 18.8 Å². The van der Waals surface area contributed by atoms with E-state index < -0.39 is 4.92 Å². The highest BCUT2D eigenvalue weighted by Crippen LogP contribution is 2.35. The van der Waals surface area contributed by atoms with Gasteiger partial charge in [-0.2, -0.15) is 5.10 Å². The number of hydrogen-bond donors (Lipinski definition) is 1. The Morgan fingerprint density at radius 3 is 2.86 bits per heavy atom. The van der Waals surface area contributed by atoms with Gasteiger partial charge in [-0.15, -0.1) is 0 Å². The molecule has 2 aromatic rings. The molecule has 21 heavy (non-hydrogen) atoms. The van der Waals surface area contributed by atoms with Gasteiger partial charge in [0.15, 0.2) is 5.75 Å². The Morgan fingerprint density at radius 1 is 1.43 bits per heavy atom. The maximum absolute atomic E-state index is 11.3. The van der Waals surface area contributed by atoms with E-state index >= 15 is 0 Å². The number of benzene rings is 1. The van der Waals surface area contributed by atoms with Crippen molar-refractivity contribution in [2.24, 2.45) is 0 Å². The Morgan fingerprint density at radius 2 is 2.24 bits per heavy atom. The molecule has 0 aliphatic heterocycles. The van der Waals surface area contributed by atoms with Gasteiger partial charge in [-0.25, -0.2) is 0 Å². The number of nitro groups is 1. The Kier molecular flexibility index (Phi) is 4.76. The molecule has 2 rings (SSSR count). The third-order valence-electron chi connectivity index (χ3n) is 2.76. The van der Waals surface area contributed by atoms with Gasteiger partial charge in [-0.3, -0.25) is 14.8 Å². The summed E-state index contributed by atoms with van der Waals surface area (Å²) in [7, 11) is 0. The Hall–Kier alpha value is -2.57. The first-order valence-electron chi connectivity index (χ1n) is 6.73. The maximum atomic E-state index is 11.3. The molecule has 112 valence electrons. The fourth-order valence-electron chi connectivity index (χ4n) is 1.94. The molecular formula is C14H18N4O3. The molecule has 0 aliphatic rings. The van der Waals surface area contributed by atoms with Gasteiger partial charge in [0.25, 0.3) is 0 Å². The molecule has 7 nitrogen and oxygen atoms in total. The fraction of sp³-hybridized carbons (Fsp3) is 0.357. The molecule has 0 saturated heterocycles. The van der Waals surface area contributed by atoms with E-state index in [1.54, 1.807) is 29.1 Å². The molecule has 0 aliphatic carbocycles. The minimum atomic E-state index is -0.423. The van der Waals surface area contributed by atoms with Crippen LogP contribution in [0, 0.1) is 10.1 Å². The molecule has 0 bridgehead atoms. The van der Waals surface area contributed by atoms with E-state index in [-0.39, 0.29) is 17.5 Å². The predicted molar refractivity (Wildman–Crippen MR) is 79.6 cm³/mol. The number of anilines is 1. The molecule has 0 spiro atoms. The zero-order valence-corrected chi connectivity index (χ0v) is 12.0. The van der Waals surface area contributed by atoms with Crippen molar-refractivity contribution in [3.63, 3.8) is 0 Å². The van der Waals surface area contributed by atoms with E-state index in [2.05, 4.69) is 10.4 Å². The van der Waals surface area contributed by atoms with Crippen molar-refractivity contribution >= 4 is 11.4 Å². The summed E-state index contributed by atoms with van der Waals surface area (Å²) in [6.07, 6.45) is 3.41. The number of aromatic nitrogens is 2. The van der Waals surface area contributed by atoms with Crippen LogP contribution >= 0.6 is 0 Å². The molecule has 1 aromatic heterocycles. The standard InChI is InChI=1S/C14H18N4O3/c1-11(2)21-13-6-3-5-12(14(13)18(19)20)15-8-10-17-9-4-7-16-17/h3-7,9,11,15H,8,10H2,1-2H3. The molecule has 1 aromatic carbocycles. The molecule has 0 fully saturated rings. The number of nitrogens with zero attached hydrogens (tertiary/aromatic N) is 3. The average molecular weight is 290 g/mol. The van der Waals surface area contributed by atoms with Crippen LogP contribution in [0.25, 0.3) is 0 Å². The quantitative estimate of drug-likeness (QED) is 0.626. The summed E-state index contributed by atoms with van der Waals surface area (Å²) in [6, 6.07) is 6.85. The smallest absolute Gasteiger partial charge is 0.333 e. The van der Waals surface area contributed by atoms with Crippen molar-refractivity contribution < 1.29 is 9.66 Å². The largest absolute Gasteiger partial charge is 0.484 e. The van der Waals surface area contributed by atoms with Crippen LogP contribution in [0.1, 0.15) is 13.8 Å². The highest BCUT2D eigenvalue weighted by atomic mass is 16.6. The van der Waals surface area contributed by atoms with Gasteiger partial charge in [0.05, 0.1) is 17.6 Å². The van der Waals surface area contributed by atoms with Crippen LogP contribution in [0.3, 0.4) is 0 Å². The lowest BCUT2D eigenvalue weighted by Crippen LogP contribution is -2.13. The SMILES string of the molecule is CC(C)Oc1cccc(NCCn2cccn2)c1[N+](=O)[O-]. The summed E-state index contributed by atoms with van der Waals surface area (Å²) < 4.78 is 7.26. The van der Waals surface area contributed by atoms with Gasteiger partial charge < -0.3 is 10.1 Å². The van der Waals surface area contributed by atoms with Crippen LogP contribution < -0.4 is 10.1 Å². The normalized spacial score (nSPS) is 10.6. The second-order valence-corrected chi connectivity index (χ2v) is 4.77. The third kappa shape index (κ3) is 3.95. The molecule has 1 N–H and O–H groups in total. The van der Waals surface area contributed by atoms with Crippen LogP contribution in [0.2, 0.25) is 0 Å². The van der Waals surface area contributed by atoms with Gasteiger partial charge >= 0.3 is 5.69 Å². The lowest BCUT2D eigenvalue weighted by molar-refractivity contribution is -0.385. The van der Waals surface area contributed by atoms with Crippen molar-refractivity contribution in [1.82, 2.24) is 9.78 Å². The summed E-state index contributed by atoms with van der Waals surface area (Å²) in [4.78, 5) is 10.9. The predicted octanol–water partition coefficient (Wildman–Crippen LogP) is 2.69. The number of nitro benzene ring substituents is 1. The summed E-state index contributed by atoms with van der Waals surface area (Å²) in [5.41, 5.74) is 0.414. The van der Waals surface area contributed by atoms with Gasteiger partial charge in [-0.05, 0) is 32.0 Å². The second-order valence-electron chi connectivity index (χ2n) is 4.77.